The monoisotopic (exact) mass is 350 g/mol. The Bertz CT molecular complexity index is 632. The van der Waals surface area contributed by atoms with E-state index in [1.54, 1.807) is 19.9 Å². The zero-order valence-electron chi connectivity index (χ0n) is 15.5. The number of phenols is 1. The second-order valence-corrected chi connectivity index (χ2v) is 8.11. The molecule has 4 N–H and O–H groups in total. The van der Waals surface area contributed by atoms with Crippen molar-refractivity contribution in [3.8, 4) is 5.75 Å². The number of aliphatic hydroxyl groups is 2. The molecule has 25 heavy (non-hydrogen) atoms. The van der Waals surface area contributed by atoms with E-state index < -0.39 is 17.7 Å². The fourth-order valence-corrected chi connectivity index (χ4v) is 3.92. The lowest BCUT2D eigenvalue weighted by Gasteiger charge is -2.35. The SMILES string of the molecule is C[C@@H]1CC[C@@H]([C@@H](C)CC[C@@H](O)C(C)(C)O)c2cc(C(=O)O)cc(O)c21. The predicted octanol–water partition coefficient (Wildman–Crippen LogP) is 3.62. The quantitative estimate of drug-likeness (QED) is 0.628. The van der Waals surface area contributed by atoms with Crippen LogP contribution in [0.15, 0.2) is 12.1 Å². The Kier molecular flexibility index (Phi) is 5.79. The molecule has 0 heterocycles. The Morgan fingerprint density at radius 1 is 1.28 bits per heavy atom. The van der Waals surface area contributed by atoms with Crippen molar-refractivity contribution >= 4 is 5.97 Å². The van der Waals surface area contributed by atoms with Gasteiger partial charge in [-0.15, -0.1) is 0 Å². The fourth-order valence-electron chi connectivity index (χ4n) is 3.92. The molecule has 1 aromatic carbocycles. The van der Waals surface area contributed by atoms with Crippen LogP contribution in [-0.2, 0) is 0 Å². The molecule has 0 aliphatic heterocycles. The largest absolute Gasteiger partial charge is 0.508 e. The Labute approximate surface area is 149 Å². The van der Waals surface area contributed by atoms with E-state index >= 15 is 0 Å². The molecule has 0 radical (unpaired) electrons. The van der Waals surface area contributed by atoms with Gasteiger partial charge in [-0.3, -0.25) is 0 Å². The highest BCUT2D eigenvalue weighted by molar-refractivity contribution is 5.88. The summed E-state index contributed by atoms with van der Waals surface area (Å²) in [5.74, 6) is -0.420. The maximum Gasteiger partial charge on any atom is 0.335 e. The number of carbonyl (C=O) groups is 1. The summed E-state index contributed by atoms with van der Waals surface area (Å²) in [6, 6.07) is 3.03. The smallest absolute Gasteiger partial charge is 0.335 e. The van der Waals surface area contributed by atoms with Crippen LogP contribution < -0.4 is 0 Å². The molecule has 0 aromatic heterocycles. The van der Waals surface area contributed by atoms with Gasteiger partial charge < -0.3 is 20.4 Å². The topological polar surface area (TPSA) is 98.0 Å². The number of aromatic carboxylic acids is 1. The normalized spacial score (nSPS) is 23.0. The number of hydrogen-bond acceptors (Lipinski definition) is 4. The molecule has 1 aromatic rings. The number of aliphatic hydroxyl groups excluding tert-OH is 1. The van der Waals surface area contributed by atoms with Gasteiger partial charge in [0.1, 0.15) is 5.75 Å². The van der Waals surface area contributed by atoms with Crippen LogP contribution >= 0.6 is 0 Å². The van der Waals surface area contributed by atoms with Gasteiger partial charge in [0.15, 0.2) is 0 Å². The highest BCUT2D eigenvalue weighted by Crippen LogP contribution is 2.47. The summed E-state index contributed by atoms with van der Waals surface area (Å²) in [4.78, 5) is 11.4. The van der Waals surface area contributed by atoms with Gasteiger partial charge in [-0.25, -0.2) is 4.79 Å². The van der Waals surface area contributed by atoms with E-state index in [0.29, 0.717) is 6.42 Å². The van der Waals surface area contributed by atoms with Crippen molar-refractivity contribution < 1.29 is 25.2 Å². The Balaban J connectivity index is 2.26. The number of carboxylic acid groups (broad SMARTS) is 1. The first kappa shape index (κ1) is 19.7. The molecule has 1 aliphatic rings. The Hall–Kier alpha value is -1.59. The van der Waals surface area contributed by atoms with E-state index in [0.717, 1.165) is 30.4 Å². The molecule has 2 rings (SSSR count). The third-order valence-electron chi connectivity index (χ3n) is 5.64. The van der Waals surface area contributed by atoms with E-state index in [1.807, 2.05) is 0 Å². The van der Waals surface area contributed by atoms with E-state index in [4.69, 9.17) is 0 Å². The second-order valence-electron chi connectivity index (χ2n) is 8.11. The van der Waals surface area contributed by atoms with E-state index in [-0.39, 0.29) is 29.1 Å². The highest BCUT2D eigenvalue weighted by Gasteiger charge is 2.33. The number of hydrogen-bond donors (Lipinski definition) is 4. The van der Waals surface area contributed by atoms with Crippen molar-refractivity contribution in [2.45, 2.75) is 76.9 Å². The minimum atomic E-state index is -1.13. The molecule has 0 saturated carbocycles. The maximum absolute atomic E-state index is 11.4. The molecule has 5 heteroatoms. The number of benzene rings is 1. The molecular formula is C20H30O5. The van der Waals surface area contributed by atoms with Gasteiger partial charge in [0.05, 0.1) is 17.3 Å². The molecule has 0 fully saturated rings. The summed E-state index contributed by atoms with van der Waals surface area (Å²) in [5.41, 5.74) is 0.754. The van der Waals surface area contributed by atoms with Crippen LogP contribution in [0, 0.1) is 5.92 Å². The Morgan fingerprint density at radius 2 is 1.92 bits per heavy atom. The molecule has 5 nitrogen and oxygen atoms in total. The molecule has 0 amide bonds. The third kappa shape index (κ3) is 4.33. The van der Waals surface area contributed by atoms with Gasteiger partial charge in [-0.05, 0) is 75.0 Å². The molecule has 4 atom stereocenters. The second kappa shape index (κ2) is 7.34. The molecule has 0 spiro atoms. The molecule has 0 unspecified atom stereocenters. The van der Waals surface area contributed by atoms with Crippen molar-refractivity contribution in [2.75, 3.05) is 0 Å². The highest BCUT2D eigenvalue weighted by atomic mass is 16.4. The van der Waals surface area contributed by atoms with E-state index in [1.165, 1.54) is 6.07 Å². The molecular weight excluding hydrogens is 320 g/mol. The summed E-state index contributed by atoms with van der Waals surface area (Å²) in [5, 5.41) is 39.6. The summed E-state index contributed by atoms with van der Waals surface area (Å²) in [6.45, 7) is 7.33. The van der Waals surface area contributed by atoms with Crippen LogP contribution in [0.5, 0.6) is 5.75 Å². The van der Waals surface area contributed by atoms with Crippen molar-refractivity contribution in [1.29, 1.82) is 0 Å². The first-order chi connectivity index (χ1) is 11.5. The predicted molar refractivity (Wildman–Crippen MR) is 96.2 cm³/mol. The van der Waals surface area contributed by atoms with E-state index in [9.17, 15) is 25.2 Å². The van der Waals surface area contributed by atoms with Crippen molar-refractivity contribution in [3.63, 3.8) is 0 Å². The number of aromatic hydroxyl groups is 1. The first-order valence-electron chi connectivity index (χ1n) is 9.02. The molecule has 1 aliphatic carbocycles. The number of fused-ring (bicyclic) bond motifs is 1. The van der Waals surface area contributed by atoms with Crippen molar-refractivity contribution in [1.82, 2.24) is 0 Å². The van der Waals surface area contributed by atoms with Crippen molar-refractivity contribution in [3.05, 3.63) is 28.8 Å². The van der Waals surface area contributed by atoms with Gasteiger partial charge in [0, 0.05) is 5.56 Å². The van der Waals surface area contributed by atoms with Crippen LogP contribution in [0.1, 0.15) is 86.7 Å². The zero-order valence-corrected chi connectivity index (χ0v) is 15.5. The summed E-state index contributed by atoms with van der Waals surface area (Å²) in [6.07, 6.45) is 2.28. The Morgan fingerprint density at radius 3 is 2.48 bits per heavy atom. The van der Waals surface area contributed by atoms with Crippen molar-refractivity contribution in [2.24, 2.45) is 5.92 Å². The summed E-state index contributed by atoms with van der Waals surface area (Å²) >= 11 is 0. The van der Waals surface area contributed by atoms with Gasteiger partial charge in [-0.2, -0.15) is 0 Å². The van der Waals surface area contributed by atoms with Gasteiger partial charge >= 0.3 is 5.97 Å². The van der Waals surface area contributed by atoms with Crippen LogP contribution in [0.25, 0.3) is 0 Å². The van der Waals surface area contributed by atoms with Crippen LogP contribution in [0.2, 0.25) is 0 Å². The van der Waals surface area contributed by atoms with Gasteiger partial charge in [0.25, 0.3) is 0 Å². The third-order valence-corrected chi connectivity index (χ3v) is 5.64. The number of rotatable bonds is 6. The average molecular weight is 350 g/mol. The maximum atomic E-state index is 11.4. The molecule has 0 bridgehead atoms. The summed E-state index contributed by atoms with van der Waals surface area (Å²) < 4.78 is 0. The lowest BCUT2D eigenvalue weighted by molar-refractivity contribution is -0.0538. The first-order valence-corrected chi connectivity index (χ1v) is 9.02. The lowest BCUT2D eigenvalue weighted by Crippen LogP contribution is -2.36. The molecule has 0 saturated heterocycles. The fraction of sp³-hybridized carbons (Fsp3) is 0.650. The molecule has 140 valence electrons. The summed E-state index contributed by atoms with van der Waals surface area (Å²) in [7, 11) is 0. The van der Waals surface area contributed by atoms with Gasteiger partial charge in [-0.1, -0.05) is 13.8 Å². The minimum Gasteiger partial charge on any atom is -0.508 e. The van der Waals surface area contributed by atoms with E-state index in [2.05, 4.69) is 13.8 Å². The zero-order chi connectivity index (χ0) is 18.9. The number of phenolic OH excluding ortho intramolecular Hbond substituents is 1. The van der Waals surface area contributed by atoms with Crippen LogP contribution in [0.4, 0.5) is 0 Å². The van der Waals surface area contributed by atoms with Gasteiger partial charge in [0.2, 0.25) is 0 Å². The minimum absolute atomic E-state index is 0.0656. The standard InChI is InChI=1S/C20H30O5/c1-11(6-8-17(22)20(3,4)25)14-7-5-12(2)18-15(14)9-13(19(23)24)10-16(18)21/h9-12,14,17,21-22,25H,5-8H2,1-4H3,(H,23,24)/t11-,12+,14-,17+/m0/s1. The van der Waals surface area contributed by atoms with Crippen LogP contribution in [-0.4, -0.2) is 38.1 Å². The lowest BCUT2D eigenvalue weighted by atomic mass is 9.70. The average Bonchev–Trinajstić information content (AvgIpc) is 2.50. The van der Waals surface area contributed by atoms with Crippen LogP contribution in [0.3, 0.4) is 0 Å². The number of carboxylic acids is 1.